The van der Waals surface area contributed by atoms with Crippen molar-refractivity contribution in [3.05, 3.63) is 58.2 Å². The van der Waals surface area contributed by atoms with Crippen LogP contribution in [0.15, 0.2) is 36.5 Å². The van der Waals surface area contributed by atoms with Gasteiger partial charge < -0.3 is 10.4 Å². The number of nitro groups is 1. The quantitative estimate of drug-likeness (QED) is 0.653. The molecule has 0 radical (unpaired) electrons. The smallest absolute Gasteiger partial charge is 0.295 e. The Kier molecular flexibility index (Phi) is 3.56. The van der Waals surface area contributed by atoms with E-state index in [0.717, 1.165) is 6.07 Å². The molecule has 0 bridgehead atoms. The topological polar surface area (TPSA) is 88.3 Å². The molecule has 0 fully saturated rings. The number of anilines is 1. The highest BCUT2D eigenvalue weighted by atomic mass is 19.1. The molecule has 98 valence electrons. The van der Waals surface area contributed by atoms with Gasteiger partial charge in [0.1, 0.15) is 11.4 Å². The number of aromatic nitrogens is 1. The van der Waals surface area contributed by atoms with E-state index >= 15 is 0 Å². The van der Waals surface area contributed by atoms with Crippen LogP contribution in [-0.2, 0) is 6.54 Å². The second-order valence-electron chi connectivity index (χ2n) is 3.75. The summed E-state index contributed by atoms with van der Waals surface area (Å²) in [5.41, 5.74) is 0.0107. The normalized spacial score (nSPS) is 10.2. The average Bonchev–Trinajstić information content (AvgIpc) is 2.39. The fourth-order valence-corrected chi connectivity index (χ4v) is 1.54. The van der Waals surface area contributed by atoms with Crippen molar-refractivity contribution >= 4 is 11.4 Å². The number of hydrogen-bond donors (Lipinski definition) is 2. The van der Waals surface area contributed by atoms with Crippen LogP contribution >= 0.6 is 0 Å². The van der Waals surface area contributed by atoms with Crippen molar-refractivity contribution in [2.24, 2.45) is 0 Å². The Morgan fingerprint density at radius 1 is 1.37 bits per heavy atom. The predicted molar refractivity (Wildman–Crippen MR) is 66.3 cm³/mol. The molecule has 7 heteroatoms. The summed E-state index contributed by atoms with van der Waals surface area (Å²) in [5, 5.41) is 22.5. The van der Waals surface area contributed by atoms with E-state index in [4.69, 9.17) is 5.11 Å². The zero-order valence-corrected chi connectivity index (χ0v) is 9.71. The van der Waals surface area contributed by atoms with Crippen LogP contribution < -0.4 is 5.32 Å². The van der Waals surface area contributed by atoms with Gasteiger partial charge >= 0.3 is 0 Å². The molecule has 1 aromatic carbocycles. The SMILES string of the molecule is O=[N+]([O-])c1cccc(F)c1NCc1ccc(O)cn1. The predicted octanol–water partition coefficient (Wildman–Crippen LogP) is 2.45. The lowest BCUT2D eigenvalue weighted by Gasteiger charge is -2.07. The van der Waals surface area contributed by atoms with Crippen LogP contribution in [-0.4, -0.2) is 15.0 Å². The molecule has 0 spiro atoms. The van der Waals surface area contributed by atoms with Crippen molar-refractivity contribution in [1.82, 2.24) is 4.98 Å². The molecule has 0 unspecified atom stereocenters. The summed E-state index contributed by atoms with van der Waals surface area (Å²) in [6.07, 6.45) is 1.24. The Morgan fingerprint density at radius 2 is 2.16 bits per heavy atom. The second-order valence-corrected chi connectivity index (χ2v) is 3.75. The van der Waals surface area contributed by atoms with Crippen LogP contribution in [0.4, 0.5) is 15.8 Å². The number of rotatable bonds is 4. The molecule has 0 amide bonds. The summed E-state index contributed by atoms with van der Waals surface area (Å²) >= 11 is 0. The molecule has 0 aliphatic heterocycles. The summed E-state index contributed by atoms with van der Waals surface area (Å²) in [7, 11) is 0. The Hall–Kier alpha value is -2.70. The molecular formula is C12H10FN3O3. The highest BCUT2D eigenvalue weighted by molar-refractivity contribution is 5.62. The van der Waals surface area contributed by atoms with Gasteiger partial charge in [-0.25, -0.2) is 4.39 Å². The first kappa shape index (κ1) is 12.7. The van der Waals surface area contributed by atoms with E-state index < -0.39 is 10.7 Å². The van der Waals surface area contributed by atoms with Gasteiger partial charge in [-0.2, -0.15) is 0 Å². The van der Waals surface area contributed by atoms with Crippen molar-refractivity contribution < 1.29 is 14.4 Å². The summed E-state index contributed by atoms with van der Waals surface area (Å²) in [6, 6.07) is 6.60. The Balaban J connectivity index is 2.19. The van der Waals surface area contributed by atoms with Crippen molar-refractivity contribution in [3.63, 3.8) is 0 Å². The third-order valence-corrected chi connectivity index (χ3v) is 2.44. The van der Waals surface area contributed by atoms with E-state index in [-0.39, 0.29) is 23.7 Å². The van der Waals surface area contributed by atoms with Crippen LogP contribution in [0.5, 0.6) is 5.75 Å². The van der Waals surface area contributed by atoms with Crippen LogP contribution in [0, 0.1) is 15.9 Å². The van der Waals surface area contributed by atoms with Gasteiger partial charge in [-0.15, -0.1) is 0 Å². The maximum absolute atomic E-state index is 13.5. The fraction of sp³-hybridized carbons (Fsp3) is 0.0833. The minimum Gasteiger partial charge on any atom is -0.506 e. The van der Waals surface area contributed by atoms with Gasteiger partial charge in [0.25, 0.3) is 5.69 Å². The van der Waals surface area contributed by atoms with Gasteiger partial charge in [-0.1, -0.05) is 6.07 Å². The van der Waals surface area contributed by atoms with Crippen LogP contribution in [0.3, 0.4) is 0 Å². The van der Waals surface area contributed by atoms with Gasteiger partial charge in [0.05, 0.1) is 23.4 Å². The summed E-state index contributed by atoms with van der Waals surface area (Å²) in [6.45, 7) is 0.113. The van der Waals surface area contributed by atoms with Gasteiger partial charge in [0.15, 0.2) is 5.82 Å². The molecule has 1 aromatic heterocycles. The number of halogens is 1. The van der Waals surface area contributed by atoms with E-state index in [1.807, 2.05) is 0 Å². The number of pyridine rings is 1. The molecule has 0 aliphatic carbocycles. The van der Waals surface area contributed by atoms with Crippen molar-refractivity contribution in [1.29, 1.82) is 0 Å². The minimum absolute atomic E-state index is 0.0145. The van der Waals surface area contributed by atoms with Gasteiger partial charge in [-0.3, -0.25) is 15.1 Å². The lowest BCUT2D eigenvalue weighted by Crippen LogP contribution is -2.05. The first-order chi connectivity index (χ1) is 9.08. The Labute approximate surface area is 107 Å². The summed E-state index contributed by atoms with van der Waals surface area (Å²) < 4.78 is 13.5. The molecule has 1 heterocycles. The standard InChI is InChI=1S/C12H10FN3O3/c13-10-2-1-3-11(16(18)19)12(10)15-6-8-4-5-9(17)7-14-8/h1-5,7,15,17H,6H2. The minimum atomic E-state index is -0.701. The lowest BCUT2D eigenvalue weighted by molar-refractivity contribution is -0.384. The largest absolute Gasteiger partial charge is 0.506 e. The van der Waals surface area contributed by atoms with E-state index in [2.05, 4.69) is 10.3 Å². The van der Waals surface area contributed by atoms with E-state index in [1.54, 1.807) is 0 Å². The van der Waals surface area contributed by atoms with E-state index in [0.29, 0.717) is 5.69 Å². The number of nitrogens with one attached hydrogen (secondary N) is 1. The lowest BCUT2D eigenvalue weighted by atomic mass is 10.2. The zero-order chi connectivity index (χ0) is 13.8. The third kappa shape index (κ3) is 2.95. The molecule has 2 N–H and O–H groups in total. The summed E-state index contributed by atoms with van der Waals surface area (Å²) in [4.78, 5) is 14.0. The Bertz CT molecular complexity index is 602. The highest BCUT2D eigenvalue weighted by Crippen LogP contribution is 2.27. The van der Waals surface area contributed by atoms with Gasteiger partial charge in [-0.05, 0) is 18.2 Å². The van der Waals surface area contributed by atoms with Crippen molar-refractivity contribution in [3.8, 4) is 5.75 Å². The zero-order valence-electron chi connectivity index (χ0n) is 9.71. The first-order valence-electron chi connectivity index (χ1n) is 5.38. The molecule has 0 saturated heterocycles. The Morgan fingerprint density at radius 3 is 2.79 bits per heavy atom. The monoisotopic (exact) mass is 263 g/mol. The number of benzene rings is 1. The average molecular weight is 263 g/mol. The highest BCUT2D eigenvalue weighted by Gasteiger charge is 2.17. The van der Waals surface area contributed by atoms with Crippen LogP contribution in [0.2, 0.25) is 0 Å². The number of nitrogens with zero attached hydrogens (tertiary/aromatic N) is 2. The van der Waals surface area contributed by atoms with Gasteiger partial charge in [0.2, 0.25) is 0 Å². The molecule has 6 nitrogen and oxygen atoms in total. The van der Waals surface area contributed by atoms with Crippen LogP contribution in [0.25, 0.3) is 0 Å². The second kappa shape index (κ2) is 5.30. The molecule has 0 atom stereocenters. The molecular weight excluding hydrogens is 253 g/mol. The van der Waals surface area contributed by atoms with Gasteiger partial charge in [0, 0.05) is 6.07 Å². The molecule has 2 rings (SSSR count). The number of hydrogen-bond acceptors (Lipinski definition) is 5. The maximum Gasteiger partial charge on any atom is 0.295 e. The number of para-hydroxylation sites is 1. The molecule has 19 heavy (non-hydrogen) atoms. The molecule has 0 saturated carbocycles. The van der Waals surface area contributed by atoms with Crippen LogP contribution in [0.1, 0.15) is 5.69 Å². The fourth-order valence-electron chi connectivity index (χ4n) is 1.54. The summed E-state index contributed by atoms with van der Waals surface area (Å²) in [5.74, 6) is -0.686. The van der Waals surface area contributed by atoms with Crippen molar-refractivity contribution in [2.75, 3.05) is 5.32 Å². The number of nitro benzene ring substituents is 1. The van der Waals surface area contributed by atoms with E-state index in [9.17, 15) is 14.5 Å². The molecule has 0 aliphatic rings. The molecule has 2 aromatic rings. The van der Waals surface area contributed by atoms with E-state index in [1.165, 1.54) is 30.5 Å². The van der Waals surface area contributed by atoms with Crippen molar-refractivity contribution in [2.45, 2.75) is 6.54 Å². The number of aromatic hydroxyl groups is 1. The third-order valence-electron chi connectivity index (χ3n) is 2.44. The maximum atomic E-state index is 13.5. The first-order valence-corrected chi connectivity index (χ1v) is 5.38.